The highest BCUT2D eigenvalue weighted by atomic mass is 16.4. The number of carboxylic acid groups (broad SMARTS) is 1. The Kier molecular flexibility index (Phi) is 6.84. The lowest BCUT2D eigenvalue weighted by molar-refractivity contribution is -0.137. The second-order valence-electron chi connectivity index (χ2n) is 5.54. The molecule has 0 aromatic carbocycles. The second-order valence-corrected chi connectivity index (χ2v) is 5.54. The van der Waals surface area contributed by atoms with Gasteiger partial charge >= 0.3 is 5.97 Å². The number of hydrogen-bond donors (Lipinski definition) is 2. The highest BCUT2D eigenvalue weighted by Crippen LogP contribution is 2.22. The van der Waals surface area contributed by atoms with E-state index in [0.717, 1.165) is 38.9 Å². The van der Waals surface area contributed by atoms with Gasteiger partial charge in [-0.1, -0.05) is 13.3 Å². The Morgan fingerprint density at radius 1 is 1.37 bits per heavy atom. The van der Waals surface area contributed by atoms with Crippen molar-refractivity contribution in [3.05, 3.63) is 0 Å². The lowest BCUT2D eigenvalue weighted by atomic mass is 9.90. The van der Waals surface area contributed by atoms with Crippen LogP contribution in [0.25, 0.3) is 0 Å². The molecule has 1 fully saturated rings. The van der Waals surface area contributed by atoms with Gasteiger partial charge < -0.3 is 15.3 Å². The summed E-state index contributed by atoms with van der Waals surface area (Å²) in [7, 11) is 0. The first-order valence-electron chi connectivity index (χ1n) is 7.22. The van der Waals surface area contributed by atoms with Gasteiger partial charge in [-0.2, -0.15) is 0 Å². The highest BCUT2D eigenvalue weighted by molar-refractivity contribution is 5.73. The number of likely N-dealkylation sites (tertiary alicyclic amines) is 1. The lowest BCUT2D eigenvalue weighted by Crippen LogP contribution is -2.50. The van der Waals surface area contributed by atoms with Crippen LogP contribution < -0.4 is 5.32 Å². The molecule has 2 atom stereocenters. The summed E-state index contributed by atoms with van der Waals surface area (Å²) in [6, 6.07) is 0.168. The van der Waals surface area contributed by atoms with Crippen molar-refractivity contribution >= 4 is 11.9 Å². The van der Waals surface area contributed by atoms with Crippen molar-refractivity contribution in [1.29, 1.82) is 0 Å². The number of carbonyl (C=O) groups is 2. The van der Waals surface area contributed by atoms with Gasteiger partial charge in [0.1, 0.15) is 0 Å². The zero-order chi connectivity index (χ0) is 14.3. The van der Waals surface area contributed by atoms with E-state index in [2.05, 4.69) is 17.1 Å². The van der Waals surface area contributed by atoms with E-state index in [1.807, 2.05) is 0 Å². The number of piperidine rings is 1. The summed E-state index contributed by atoms with van der Waals surface area (Å²) in [5, 5.41) is 11.8. The number of unbranched alkanes of at least 4 members (excludes halogenated alkanes) is 1. The molecule has 1 aliphatic rings. The van der Waals surface area contributed by atoms with Gasteiger partial charge in [0, 0.05) is 32.5 Å². The molecule has 1 rings (SSSR count). The summed E-state index contributed by atoms with van der Waals surface area (Å²) in [5.41, 5.74) is 0. The fourth-order valence-corrected chi connectivity index (χ4v) is 2.80. The second kappa shape index (κ2) is 8.15. The van der Waals surface area contributed by atoms with Crippen LogP contribution in [0.5, 0.6) is 0 Å². The number of nitrogens with zero attached hydrogens (tertiary/aromatic N) is 1. The van der Waals surface area contributed by atoms with Gasteiger partial charge in [-0.25, -0.2) is 0 Å². The monoisotopic (exact) mass is 270 g/mol. The summed E-state index contributed by atoms with van der Waals surface area (Å²) in [6.07, 6.45) is 4.13. The third-order valence-electron chi connectivity index (χ3n) is 3.61. The third-order valence-corrected chi connectivity index (χ3v) is 3.61. The van der Waals surface area contributed by atoms with Gasteiger partial charge in [-0.15, -0.1) is 0 Å². The number of hydrogen-bond acceptors (Lipinski definition) is 3. The Labute approximate surface area is 115 Å². The Hall–Kier alpha value is -1.10. The van der Waals surface area contributed by atoms with Crippen LogP contribution in [0.2, 0.25) is 0 Å². The largest absolute Gasteiger partial charge is 0.481 e. The molecule has 19 heavy (non-hydrogen) atoms. The predicted octanol–water partition coefficient (Wildman–Crippen LogP) is 1.48. The van der Waals surface area contributed by atoms with Crippen molar-refractivity contribution in [3.63, 3.8) is 0 Å². The molecule has 0 aromatic heterocycles. The zero-order valence-electron chi connectivity index (χ0n) is 12.0. The average Bonchev–Trinajstić information content (AvgIpc) is 2.33. The van der Waals surface area contributed by atoms with Crippen LogP contribution in [0.4, 0.5) is 0 Å². The molecule has 1 heterocycles. The number of carbonyl (C=O) groups excluding carboxylic acids is 1. The maximum absolute atomic E-state index is 11.2. The maximum atomic E-state index is 11.2. The molecular formula is C14H26N2O3. The van der Waals surface area contributed by atoms with Crippen molar-refractivity contribution in [2.24, 2.45) is 5.92 Å². The molecule has 0 radical (unpaired) electrons. The molecule has 1 aliphatic heterocycles. The summed E-state index contributed by atoms with van der Waals surface area (Å²) >= 11 is 0. The van der Waals surface area contributed by atoms with Gasteiger partial charge in [0.25, 0.3) is 0 Å². The van der Waals surface area contributed by atoms with E-state index in [9.17, 15) is 9.59 Å². The summed E-state index contributed by atoms with van der Waals surface area (Å²) < 4.78 is 0. The van der Waals surface area contributed by atoms with Gasteiger partial charge in [0.05, 0.1) is 0 Å². The van der Waals surface area contributed by atoms with E-state index < -0.39 is 5.97 Å². The Morgan fingerprint density at radius 2 is 2.11 bits per heavy atom. The first kappa shape index (κ1) is 16.0. The standard InChI is InChI=1S/C14H26N2O3/c1-3-4-7-16-9-12(5-6-14(18)19)8-13(10-16)15-11(2)17/h12-13H,3-10H2,1-2H3,(H,15,17)(H,18,19). The first-order chi connectivity index (χ1) is 9.01. The molecule has 0 saturated carbocycles. The van der Waals surface area contributed by atoms with Crippen LogP contribution in [-0.2, 0) is 9.59 Å². The van der Waals surface area contributed by atoms with Gasteiger partial charge in [-0.3, -0.25) is 9.59 Å². The summed E-state index contributed by atoms with van der Waals surface area (Å²) in [5.74, 6) is -0.361. The average molecular weight is 270 g/mol. The smallest absolute Gasteiger partial charge is 0.303 e. The van der Waals surface area contributed by atoms with Crippen molar-refractivity contribution < 1.29 is 14.7 Å². The Bertz CT molecular complexity index is 307. The fourth-order valence-electron chi connectivity index (χ4n) is 2.80. The molecule has 110 valence electrons. The van der Waals surface area contributed by atoms with Gasteiger partial charge in [-0.05, 0) is 31.7 Å². The molecular weight excluding hydrogens is 244 g/mol. The topological polar surface area (TPSA) is 69.6 Å². The molecule has 0 bridgehead atoms. The van der Waals surface area contributed by atoms with E-state index in [-0.39, 0.29) is 18.4 Å². The maximum Gasteiger partial charge on any atom is 0.303 e. The molecule has 1 amide bonds. The van der Waals surface area contributed by atoms with Crippen LogP contribution in [0.15, 0.2) is 0 Å². The number of carboxylic acids is 1. The molecule has 0 spiro atoms. The van der Waals surface area contributed by atoms with Crippen molar-refractivity contribution in [2.45, 2.75) is 52.0 Å². The molecule has 1 saturated heterocycles. The molecule has 2 unspecified atom stereocenters. The van der Waals surface area contributed by atoms with Crippen LogP contribution in [0.1, 0.15) is 46.0 Å². The first-order valence-corrected chi connectivity index (χ1v) is 7.22. The van der Waals surface area contributed by atoms with E-state index in [4.69, 9.17) is 5.11 Å². The number of amides is 1. The zero-order valence-corrected chi connectivity index (χ0v) is 12.0. The molecule has 0 aliphatic carbocycles. The summed E-state index contributed by atoms with van der Waals surface area (Å²) in [6.45, 7) is 6.59. The minimum Gasteiger partial charge on any atom is -0.481 e. The Balaban J connectivity index is 2.50. The van der Waals surface area contributed by atoms with Gasteiger partial charge in [0.15, 0.2) is 0 Å². The van der Waals surface area contributed by atoms with Crippen molar-refractivity contribution in [3.8, 4) is 0 Å². The third kappa shape index (κ3) is 6.57. The van der Waals surface area contributed by atoms with E-state index in [0.29, 0.717) is 12.3 Å². The fraction of sp³-hybridized carbons (Fsp3) is 0.857. The molecule has 5 nitrogen and oxygen atoms in total. The number of rotatable bonds is 7. The van der Waals surface area contributed by atoms with E-state index in [1.165, 1.54) is 6.92 Å². The van der Waals surface area contributed by atoms with E-state index >= 15 is 0 Å². The highest BCUT2D eigenvalue weighted by Gasteiger charge is 2.27. The Morgan fingerprint density at radius 3 is 2.68 bits per heavy atom. The number of aliphatic carboxylic acids is 1. The van der Waals surface area contributed by atoms with Crippen LogP contribution in [-0.4, -0.2) is 47.6 Å². The lowest BCUT2D eigenvalue weighted by Gasteiger charge is -2.38. The van der Waals surface area contributed by atoms with Crippen LogP contribution >= 0.6 is 0 Å². The number of nitrogens with one attached hydrogen (secondary N) is 1. The van der Waals surface area contributed by atoms with Crippen molar-refractivity contribution in [2.75, 3.05) is 19.6 Å². The van der Waals surface area contributed by atoms with Crippen LogP contribution in [0.3, 0.4) is 0 Å². The minimum atomic E-state index is -0.734. The van der Waals surface area contributed by atoms with Crippen molar-refractivity contribution in [1.82, 2.24) is 10.2 Å². The molecule has 0 aromatic rings. The summed E-state index contributed by atoms with van der Waals surface area (Å²) in [4.78, 5) is 24.2. The quantitative estimate of drug-likeness (QED) is 0.735. The molecule has 2 N–H and O–H groups in total. The minimum absolute atomic E-state index is 0.000624. The predicted molar refractivity (Wildman–Crippen MR) is 73.9 cm³/mol. The SMILES string of the molecule is CCCCN1CC(CCC(=O)O)CC(NC(C)=O)C1. The van der Waals surface area contributed by atoms with Gasteiger partial charge in [0.2, 0.25) is 5.91 Å². The van der Waals surface area contributed by atoms with Crippen LogP contribution in [0, 0.1) is 5.92 Å². The van der Waals surface area contributed by atoms with E-state index in [1.54, 1.807) is 0 Å². The normalized spacial score (nSPS) is 24.1. The molecule has 5 heteroatoms.